The van der Waals surface area contributed by atoms with Gasteiger partial charge in [-0.15, -0.1) is 0 Å². The lowest BCUT2D eigenvalue weighted by Crippen LogP contribution is -2.46. The maximum atomic E-state index is 3.85. The van der Waals surface area contributed by atoms with Gasteiger partial charge in [0.2, 0.25) is 0 Å². The van der Waals surface area contributed by atoms with Crippen molar-refractivity contribution in [2.75, 3.05) is 20.1 Å². The Morgan fingerprint density at radius 1 is 0.750 bits per heavy atom. The minimum Gasteiger partial charge on any atom is -0.322 e. The molecular formula is C30H48N2+2. The summed E-state index contributed by atoms with van der Waals surface area (Å²) < 4.78 is 3.45. The van der Waals surface area contributed by atoms with Crippen LogP contribution in [0.2, 0.25) is 0 Å². The topological polar surface area (TPSA) is 3.88 Å². The second kappa shape index (κ2) is 15.8. The molecule has 0 radical (unpaired) electrons. The molecule has 2 heteroatoms. The number of pyridine rings is 1. The number of quaternary nitrogens is 1. The number of benzene rings is 1. The van der Waals surface area contributed by atoms with Crippen LogP contribution in [0.3, 0.4) is 0 Å². The minimum atomic E-state index is 1.08. The Bertz CT molecular complexity index is 722. The molecule has 1 atom stereocenters. The van der Waals surface area contributed by atoms with Gasteiger partial charge in [0.25, 0.3) is 0 Å². The number of aromatic nitrogens is 1. The van der Waals surface area contributed by atoms with Gasteiger partial charge in [0.05, 0.1) is 26.6 Å². The number of rotatable bonds is 18. The molecule has 2 nitrogen and oxygen atoms in total. The van der Waals surface area contributed by atoms with Crippen LogP contribution in [0, 0.1) is 0 Å². The van der Waals surface area contributed by atoms with Crippen molar-refractivity contribution < 1.29 is 9.05 Å². The van der Waals surface area contributed by atoms with E-state index in [0.717, 1.165) is 17.6 Å². The first-order valence-electron chi connectivity index (χ1n) is 13.1. The van der Waals surface area contributed by atoms with Crippen molar-refractivity contribution >= 4 is 6.08 Å². The molecule has 0 saturated carbocycles. The Hall–Kier alpha value is -1.93. The molecule has 0 fully saturated rings. The van der Waals surface area contributed by atoms with Gasteiger partial charge in [-0.3, -0.25) is 0 Å². The highest BCUT2D eigenvalue weighted by Gasteiger charge is 2.22. The molecule has 32 heavy (non-hydrogen) atoms. The Morgan fingerprint density at radius 3 is 1.91 bits per heavy atom. The van der Waals surface area contributed by atoms with Gasteiger partial charge in [-0.1, -0.05) is 101 Å². The highest BCUT2D eigenvalue weighted by Crippen LogP contribution is 2.17. The van der Waals surface area contributed by atoms with Crippen molar-refractivity contribution in [3.05, 3.63) is 72.6 Å². The van der Waals surface area contributed by atoms with E-state index in [9.17, 15) is 0 Å². The van der Waals surface area contributed by atoms with Gasteiger partial charge in [0.15, 0.2) is 18.9 Å². The van der Waals surface area contributed by atoms with Crippen molar-refractivity contribution in [1.29, 1.82) is 0 Å². The molecule has 1 aromatic heterocycles. The first-order valence-corrected chi connectivity index (χ1v) is 13.1. The van der Waals surface area contributed by atoms with E-state index in [4.69, 9.17) is 0 Å². The van der Waals surface area contributed by atoms with Crippen LogP contribution in [0.4, 0.5) is 0 Å². The average molecular weight is 437 g/mol. The van der Waals surface area contributed by atoms with Crippen molar-refractivity contribution in [2.45, 2.75) is 90.6 Å². The molecule has 2 aromatic rings. The van der Waals surface area contributed by atoms with E-state index >= 15 is 0 Å². The van der Waals surface area contributed by atoms with Crippen LogP contribution in [0.25, 0.3) is 6.08 Å². The summed E-state index contributed by atoms with van der Waals surface area (Å²) in [4.78, 5) is 0. The number of hydrogen-bond acceptors (Lipinski definition) is 0. The molecule has 0 spiro atoms. The van der Waals surface area contributed by atoms with E-state index in [1.807, 2.05) is 6.08 Å². The molecule has 0 saturated heterocycles. The van der Waals surface area contributed by atoms with Crippen molar-refractivity contribution in [2.24, 2.45) is 0 Å². The standard InChI is InChI=1S/C30H48N2/c1-4-6-7-8-9-10-11-12-13-17-26-32(3,28-30-19-15-14-16-20-30)27-18-23-31-24-21-29(5-2)22-25-31/h5,14-16,19-22,24-25H,2,4,6-13,17-18,23,26-28H2,1,3H3/q+2. The predicted octanol–water partition coefficient (Wildman–Crippen LogP) is 7.57. The number of unbranched alkanes of at least 4 members (excludes halogenated alkanes) is 9. The van der Waals surface area contributed by atoms with Crippen LogP contribution in [0.15, 0.2) is 61.4 Å². The SMILES string of the molecule is C=Cc1cc[n+](CCC[N+](C)(CCCCCCCCCCCC)Cc2ccccc2)cc1. The van der Waals surface area contributed by atoms with Crippen LogP contribution >= 0.6 is 0 Å². The number of aryl methyl sites for hydroxylation is 1. The Labute approximate surface area is 198 Å². The lowest BCUT2D eigenvalue weighted by Gasteiger charge is -2.34. The third kappa shape index (κ3) is 11.1. The molecule has 0 aliphatic rings. The summed E-state index contributed by atoms with van der Waals surface area (Å²) in [7, 11) is 2.46. The van der Waals surface area contributed by atoms with Crippen molar-refractivity contribution in [1.82, 2.24) is 0 Å². The fourth-order valence-electron chi connectivity index (χ4n) is 4.66. The van der Waals surface area contributed by atoms with E-state index < -0.39 is 0 Å². The zero-order valence-electron chi connectivity index (χ0n) is 21.0. The van der Waals surface area contributed by atoms with E-state index in [2.05, 4.69) is 80.0 Å². The van der Waals surface area contributed by atoms with Crippen LogP contribution < -0.4 is 4.57 Å². The fraction of sp³-hybridized carbons (Fsp3) is 0.567. The molecular weight excluding hydrogens is 388 g/mol. The first kappa shape index (κ1) is 26.3. The number of hydrogen-bond donors (Lipinski definition) is 0. The normalized spacial score (nSPS) is 13.1. The lowest BCUT2D eigenvalue weighted by molar-refractivity contribution is -0.924. The summed E-state index contributed by atoms with van der Waals surface area (Å²) in [5.41, 5.74) is 2.65. The zero-order chi connectivity index (χ0) is 22.9. The molecule has 0 aliphatic heterocycles. The second-order valence-electron chi connectivity index (χ2n) is 9.82. The van der Waals surface area contributed by atoms with E-state index in [0.29, 0.717) is 0 Å². The summed E-state index contributed by atoms with van der Waals surface area (Å²) in [5, 5.41) is 0. The molecule has 1 unspecified atom stereocenters. The second-order valence-corrected chi connectivity index (χ2v) is 9.82. The molecule has 176 valence electrons. The fourth-order valence-corrected chi connectivity index (χ4v) is 4.66. The van der Waals surface area contributed by atoms with Gasteiger partial charge < -0.3 is 4.48 Å². The Kier molecular flexibility index (Phi) is 13.0. The molecule has 2 rings (SSSR count). The number of nitrogens with zero attached hydrogens (tertiary/aromatic N) is 2. The molecule has 0 bridgehead atoms. The van der Waals surface area contributed by atoms with Crippen molar-refractivity contribution in [3.8, 4) is 0 Å². The summed E-state index contributed by atoms with van der Waals surface area (Å²) >= 11 is 0. The third-order valence-corrected chi connectivity index (χ3v) is 6.73. The predicted molar refractivity (Wildman–Crippen MR) is 139 cm³/mol. The summed E-state index contributed by atoms with van der Waals surface area (Å²) in [6.45, 7) is 10.9. The maximum Gasteiger partial charge on any atom is 0.169 e. The van der Waals surface area contributed by atoms with Crippen molar-refractivity contribution in [3.63, 3.8) is 0 Å². The summed E-state index contributed by atoms with van der Waals surface area (Å²) in [6, 6.07) is 15.4. The maximum absolute atomic E-state index is 3.85. The minimum absolute atomic E-state index is 1.08. The third-order valence-electron chi connectivity index (χ3n) is 6.73. The molecule has 1 aromatic carbocycles. The first-order chi connectivity index (χ1) is 15.6. The highest BCUT2D eigenvalue weighted by atomic mass is 15.3. The van der Waals surface area contributed by atoms with Crippen LogP contribution in [-0.2, 0) is 13.1 Å². The van der Waals surface area contributed by atoms with Gasteiger partial charge in [-0.2, -0.15) is 0 Å². The van der Waals surface area contributed by atoms with E-state index in [1.165, 1.54) is 94.8 Å². The highest BCUT2D eigenvalue weighted by molar-refractivity contribution is 5.44. The zero-order valence-corrected chi connectivity index (χ0v) is 21.0. The van der Waals surface area contributed by atoms with Gasteiger partial charge >= 0.3 is 0 Å². The summed E-state index contributed by atoms with van der Waals surface area (Å²) in [6.07, 6.45) is 21.5. The molecule has 0 N–H and O–H groups in total. The van der Waals surface area contributed by atoms with Gasteiger partial charge in [-0.25, -0.2) is 4.57 Å². The van der Waals surface area contributed by atoms with Gasteiger partial charge in [0, 0.05) is 17.7 Å². The van der Waals surface area contributed by atoms with Crippen LogP contribution in [-0.4, -0.2) is 24.6 Å². The Balaban J connectivity index is 1.75. The van der Waals surface area contributed by atoms with E-state index in [-0.39, 0.29) is 0 Å². The van der Waals surface area contributed by atoms with E-state index in [1.54, 1.807) is 0 Å². The summed E-state index contributed by atoms with van der Waals surface area (Å²) in [5.74, 6) is 0. The molecule has 1 heterocycles. The quantitative estimate of drug-likeness (QED) is 0.129. The van der Waals surface area contributed by atoms with Crippen LogP contribution in [0.1, 0.15) is 88.7 Å². The molecule has 0 amide bonds. The van der Waals surface area contributed by atoms with Gasteiger partial charge in [0.1, 0.15) is 6.54 Å². The largest absolute Gasteiger partial charge is 0.322 e. The monoisotopic (exact) mass is 436 g/mol. The van der Waals surface area contributed by atoms with Crippen LogP contribution in [0.5, 0.6) is 0 Å². The molecule has 0 aliphatic carbocycles. The van der Waals surface area contributed by atoms with Gasteiger partial charge in [-0.05, 0) is 18.4 Å². The lowest BCUT2D eigenvalue weighted by atomic mass is 10.1. The Morgan fingerprint density at radius 2 is 1.31 bits per heavy atom. The average Bonchev–Trinajstić information content (AvgIpc) is 2.81. The smallest absolute Gasteiger partial charge is 0.169 e.